The van der Waals surface area contributed by atoms with E-state index in [9.17, 15) is 16.8 Å². The predicted molar refractivity (Wildman–Crippen MR) is 114 cm³/mol. The highest BCUT2D eigenvalue weighted by Crippen LogP contribution is 2.31. The minimum Gasteiger partial charge on any atom is -0.266 e. The fourth-order valence-electron chi connectivity index (χ4n) is 3.74. The van der Waals surface area contributed by atoms with E-state index in [0.717, 1.165) is 25.7 Å². The molecule has 0 atom stereocenters. The fourth-order valence-corrected chi connectivity index (χ4v) is 6.15. The van der Waals surface area contributed by atoms with E-state index in [1.54, 1.807) is 62.4 Å². The Hall–Kier alpha value is -1.74. The van der Waals surface area contributed by atoms with Gasteiger partial charge in [0.05, 0.1) is 23.0 Å². The molecule has 0 saturated heterocycles. The summed E-state index contributed by atoms with van der Waals surface area (Å²) in [6.07, 6.45) is 3.12. The molecule has 0 aliphatic heterocycles. The van der Waals surface area contributed by atoms with Crippen LogP contribution in [-0.2, 0) is 28.6 Å². The first kappa shape index (κ1) is 22.9. The molecule has 0 spiro atoms. The second kappa shape index (κ2) is 9.60. The van der Waals surface area contributed by atoms with Crippen molar-refractivity contribution in [1.82, 2.24) is 0 Å². The number of benzene rings is 2. The van der Waals surface area contributed by atoms with Crippen molar-refractivity contribution in [3.8, 4) is 0 Å². The Morgan fingerprint density at radius 2 is 1.00 bits per heavy atom. The van der Waals surface area contributed by atoms with E-state index in [-0.39, 0.29) is 34.8 Å². The van der Waals surface area contributed by atoms with Crippen LogP contribution in [0.25, 0.3) is 0 Å². The minimum atomic E-state index is -3.77. The lowest BCUT2D eigenvalue weighted by molar-refractivity contribution is 0.152. The van der Waals surface area contributed by atoms with E-state index in [4.69, 9.17) is 8.37 Å². The van der Waals surface area contributed by atoms with E-state index in [0.29, 0.717) is 11.1 Å². The van der Waals surface area contributed by atoms with Crippen LogP contribution in [0.3, 0.4) is 0 Å². The summed E-state index contributed by atoms with van der Waals surface area (Å²) >= 11 is 0. The first-order chi connectivity index (χ1) is 14.2. The van der Waals surface area contributed by atoms with Gasteiger partial charge in [-0.2, -0.15) is 16.8 Å². The number of hydrogen-bond acceptors (Lipinski definition) is 6. The summed E-state index contributed by atoms with van der Waals surface area (Å²) in [6, 6.07) is 13.5. The molecule has 0 aromatic heterocycles. The zero-order chi connectivity index (χ0) is 21.8. The molecular weight excluding hydrogens is 424 g/mol. The van der Waals surface area contributed by atoms with Crippen LogP contribution in [-0.4, -0.2) is 30.0 Å². The quantitative estimate of drug-likeness (QED) is 0.558. The molecule has 2 aromatic carbocycles. The van der Waals surface area contributed by atoms with Gasteiger partial charge in [0, 0.05) is 0 Å². The largest absolute Gasteiger partial charge is 0.297 e. The van der Waals surface area contributed by atoms with E-state index in [1.807, 2.05) is 0 Å². The van der Waals surface area contributed by atoms with Gasteiger partial charge in [0.1, 0.15) is 0 Å². The molecule has 0 unspecified atom stereocenters. The number of hydrogen-bond donors (Lipinski definition) is 0. The maximum Gasteiger partial charge on any atom is 0.297 e. The molecule has 8 heteroatoms. The first-order valence-corrected chi connectivity index (χ1v) is 12.9. The van der Waals surface area contributed by atoms with Crippen LogP contribution >= 0.6 is 0 Å². The average Bonchev–Trinajstić information content (AvgIpc) is 2.72. The highest BCUT2D eigenvalue weighted by molar-refractivity contribution is 7.87. The predicted octanol–water partition coefficient (Wildman–Crippen LogP) is 4.22. The van der Waals surface area contributed by atoms with Gasteiger partial charge in [-0.15, -0.1) is 0 Å². The number of aryl methyl sites for hydroxylation is 2. The van der Waals surface area contributed by atoms with Gasteiger partial charge in [0.15, 0.2) is 0 Å². The Kier molecular flexibility index (Phi) is 7.34. The molecular formula is C22H28O6S2. The van der Waals surface area contributed by atoms with Gasteiger partial charge < -0.3 is 0 Å². The summed E-state index contributed by atoms with van der Waals surface area (Å²) in [7, 11) is -7.54. The van der Waals surface area contributed by atoms with Crippen molar-refractivity contribution in [2.45, 2.75) is 49.3 Å². The summed E-state index contributed by atoms with van der Waals surface area (Å²) in [6.45, 7) is 3.77. The van der Waals surface area contributed by atoms with Crippen molar-refractivity contribution in [3.05, 3.63) is 59.7 Å². The van der Waals surface area contributed by atoms with Crippen LogP contribution in [0.4, 0.5) is 0 Å². The van der Waals surface area contributed by atoms with Crippen molar-refractivity contribution in [2.24, 2.45) is 11.8 Å². The second-order valence-corrected chi connectivity index (χ2v) is 11.1. The molecule has 0 N–H and O–H groups in total. The molecule has 0 radical (unpaired) electrons. The SMILES string of the molecule is Cc1ccccc1S(=O)(=O)OCC1CCC(COS(=O)(=O)c2ccccc2C)CC1. The third-order valence-corrected chi connectivity index (χ3v) is 8.50. The second-order valence-electron chi connectivity index (χ2n) is 7.90. The highest BCUT2D eigenvalue weighted by Gasteiger charge is 2.27. The Balaban J connectivity index is 1.47. The lowest BCUT2D eigenvalue weighted by atomic mass is 9.83. The lowest BCUT2D eigenvalue weighted by Crippen LogP contribution is -2.24. The molecule has 30 heavy (non-hydrogen) atoms. The Bertz CT molecular complexity index is 981. The molecule has 0 amide bonds. The molecule has 164 valence electrons. The van der Waals surface area contributed by atoms with Crippen molar-refractivity contribution in [2.75, 3.05) is 13.2 Å². The molecule has 6 nitrogen and oxygen atoms in total. The topological polar surface area (TPSA) is 86.7 Å². The molecule has 0 heterocycles. The summed E-state index contributed by atoms with van der Waals surface area (Å²) < 4.78 is 60.3. The molecule has 2 aromatic rings. The van der Waals surface area contributed by atoms with Crippen molar-refractivity contribution in [1.29, 1.82) is 0 Å². The third kappa shape index (κ3) is 5.69. The maximum atomic E-state index is 12.4. The molecule has 1 saturated carbocycles. The summed E-state index contributed by atoms with van der Waals surface area (Å²) in [5.74, 6) is 0.265. The molecule has 1 aliphatic carbocycles. The molecule has 1 fully saturated rings. The first-order valence-electron chi connectivity index (χ1n) is 10.1. The van der Waals surface area contributed by atoms with Crippen LogP contribution < -0.4 is 0 Å². The Morgan fingerprint density at radius 1 is 0.667 bits per heavy atom. The van der Waals surface area contributed by atoms with Gasteiger partial charge >= 0.3 is 0 Å². The average molecular weight is 453 g/mol. The minimum absolute atomic E-state index is 0.132. The smallest absolute Gasteiger partial charge is 0.266 e. The van der Waals surface area contributed by atoms with Crippen LogP contribution in [0, 0.1) is 25.7 Å². The van der Waals surface area contributed by atoms with Crippen LogP contribution in [0.5, 0.6) is 0 Å². The number of rotatable bonds is 8. The maximum absolute atomic E-state index is 12.4. The normalized spacial score (nSPS) is 20.2. The lowest BCUT2D eigenvalue weighted by Gasteiger charge is -2.27. The summed E-state index contributed by atoms with van der Waals surface area (Å²) in [5.41, 5.74) is 1.32. The van der Waals surface area contributed by atoms with E-state index in [2.05, 4.69) is 0 Å². The molecule has 1 aliphatic rings. The van der Waals surface area contributed by atoms with Crippen LogP contribution in [0.2, 0.25) is 0 Å². The van der Waals surface area contributed by atoms with Crippen molar-refractivity contribution < 1.29 is 25.2 Å². The summed E-state index contributed by atoms with van der Waals surface area (Å²) in [4.78, 5) is 0.405. The molecule has 0 bridgehead atoms. The van der Waals surface area contributed by atoms with Crippen LogP contribution in [0.1, 0.15) is 36.8 Å². The molecule has 3 rings (SSSR count). The van der Waals surface area contributed by atoms with Crippen molar-refractivity contribution >= 4 is 20.2 Å². The highest BCUT2D eigenvalue weighted by atomic mass is 32.2. The van der Waals surface area contributed by atoms with Gasteiger partial charge in [0.25, 0.3) is 20.2 Å². The van der Waals surface area contributed by atoms with E-state index in [1.165, 1.54) is 0 Å². The monoisotopic (exact) mass is 452 g/mol. The van der Waals surface area contributed by atoms with Crippen LogP contribution in [0.15, 0.2) is 58.3 Å². The van der Waals surface area contributed by atoms with E-state index < -0.39 is 20.2 Å². The van der Waals surface area contributed by atoms with Gasteiger partial charge in [-0.05, 0) is 74.6 Å². The van der Waals surface area contributed by atoms with Gasteiger partial charge in [-0.1, -0.05) is 36.4 Å². The Labute approximate surface area is 179 Å². The van der Waals surface area contributed by atoms with Gasteiger partial charge in [-0.25, -0.2) is 0 Å². The summed E-state index contributed by atoms with van der Waals surface area (Å²) in [5, 5.41) is 0. The standard InChI is InChI=1S/C22H28O6S2/c1-17-7-3-5-9-21(17)29(23,24)27-15-19-11-13-20(14-12-19)16-28-30(25,26)22-10-6-4-8-18(22)2/h3-10,19-20H,11-16H2,1-2H3. The zero-order valence-corrected chi connectivity index (χ0v) is 18.9. The van der Waals surface area contributed by atoms with Crippen molar-refractivity contribution in [3.63, 3.8) is 0 Å². The third-order valence-electron chi connectivity index (χ3n) is 5.61. The van der Waals surface area contributed by atoms with Gasteiger partial charge in [0.2, 0.25) is 0 Å². The zero-order valence-electron chi connectivity index (χ0n) is 17.3. The van der Waals surface area contributed by atoms with E-state index >= 15 is 0 Å². The fraction of sp³-hybridized carbons (Fsp3) is 0.455. The Morgan fingerprint density at radius 3 is 1.33 bits per heavy atom. The van der Waals surface area contributed by atoms with Gasteiger partial charge in [-0.3, -0.25) is 8.37 Å².